The molecule has 2 aromatic rings. The maximum absolute atomic E-state index is 13.7. The molecule has 0 aliphatic rings. The Labute approximate surface area is 176 Å². The average Bonchev–Trinajstić information content (AvgIpc) is 2.65. The number of carbonyl (C=O) groups is 2. The molecule has 0 unspecified atom stereocenters. The molecule has 0 bridgehead atoms. The van der Waals surface area contributed by atoms with Crippen LogP contribution in [0.5, 0.6) is 5.75 Å². The lowest BCUT2D eigenvalue weighted by molar-refractivity contribution is -0.111. The lowest BCUT2D eigenvalue weighted by Crippen LogP contribution is -2.33. The van der Waals surface area contributed by atoms with Gasteiger partial charge < -0.3 is 19.7 Å². The molecule has 0 atom stereocenters. The highest BCUT2D eigenvalue weighted by molar-refractivity contribution is 6.01. The lowest BCUT2D eigenvalue weighted by Gasteiger charge is -2.24. The topological polar surface area (TPSA) is 67.9 Å². The van der Waals surface area contributed by atoms with Crippen LogP contribution in [-0.4, -0.2) is 36.7 Å². The van der Waals surface area contributed by atoms with Crippen LogP contribution in [0, 0.1) is 5.82 Å². The molecule has 0 fully saturated rings. The number of benzene rings is 2. The van der Waals surface area contributed by atoms with Gasteiger partial charge >= 0.3 is 6.09 Å². The fourth-order valence-electron chi connectivity index (χ4n) is 2.57. The van der Waals surface area contributed by atoms with Crippen molar-refractivity contribution in [3.63, 3.8) is 0 Å². The van der Waals surface area contributed by atoms with Gasteiger partial charge in [-0.1, -0.05) is 18.2 Å². The van der Waals surface area contributed by atoms with E-state index in [1.54, 1.807) is 31.3 Å². The number of carbonyl (C=O) groups excluding carboxylic acids is 2. The van der Waals surface area contributed by atoms with Gasteiger partial charge in [-0.3, -0.25) is 4.79 Å². The molecular formula is C23H27FN2O4. The van der Waals surface area contributed by atoms with Crippen molar-refractivity contribution >= 4 is 23.8 Å². The number of ether oxygens (including phenoxy) is 2. The third-order valence-electron chi connectivity index (χ3n) is 3.92. The zero-order valence-corrected chi connectivity index (χ0v) is 17.9. The molecule has 2 rings (SSSR count). The minimum absolute atomic E-state index is 0.143. The smallest absolute Gasteiger partial charge is 0.410 e. The molecule has 0 spiro atoms. The standard InChI is InChI=1S/C23H27FN2O4/c1-23(2,3)30-22(28)26(4)15-17-7-6-8-18(13-17)25-21(27)12-10-16-9-11-20(29-5)19(24)14-16/h6-14H,15H2,1-5H3,(H,25,27). The Morgan fingerprint density at radius 2 is 1.90 bits per heavy atom. The number of hydrogen-bond donors (Lipinski definition) is 1. The maximum atomic E-state index is 13.7. The Bertz CT molecular complexity index is 935. The number of rotatable bonds is 6. The molecule has 0 radical (unpaired) electrons. The van der Waals surface area contributed by atoms with Crippen molar-refractivity contribution in [1.29, 1.82) is 0 Å². The van der Waals surface area contributed by atoms with Crippen LogP contribution in [0.2, 0.25) is 0 Å². The number of hydrogen-bond acceptors (Lipinski definition) is 4. The first-order chi connectivity index (χ1) is 14.1. The van der Waals surface area contributed by atoms with Gasteiger partial charge in [-0.2, -0.15) is 0 Å². The highest BCUT2D eigenvalue weighted by atomic mass is 19.1. The van der Waals surface area contributed by atoms with E-state index in [-0.39, 0.29) is 11.7 Å². The zero-order chi connectivity index (χ0) is 22.3. The second kappa shape index (κ2) is 9.91. The zero-order valence-electron chi connectivity index (χ0n) is 17.9. The highest BCUT2D eigenvalue weighted by Gasteiger charge is 2.19. The molecule has 7 heteroatoms. The van der Waals surface area contributed by atoms with E-state index in [1.807, 2.05) is 26.8 Å². The second-order valence-corrected chi connectivity index (χ2v) is 7.75. The summed E-state index contributed by atoms with van der Waals surface area (Å²) in [7, 11) is 3.04. The molecule has 2 amide bonds. The van der Waals surface area contributed by atoms with Gasteiger partial charge in [-0.15, -0.1) is 0 Å². The van der Waals surface area contributed by atoms with Crippen molar-refractivity contribution in [2.75, 3.05) is 19.5 Å². The van der Waals surface area contributed by atoms with Crippen LogP contribution in [0.15, 0.2) is 48.5 Å². The Morgan fingerprint density at radius 1 is 1.17 bits per heavy atom. The molecule has 6 nitrogen and oxygen atoms in total. The summed E-state index contributed by atoms with van der Waals surface area (Å²) in [5.74, 6) is -0.712. The molecule has 30 heavy (non-hydrogen) atoms. The molecule has 0 heterocycles. The molecule has 0 aromatic heterocycles. The van der Waals surface area contributed by atoms with E-state index in [0.717, 1.165) is 5.56 Å². The Kier molecular flexibility index (Phi) is 7.58. The number of anilines is 1. The van der Waals surface area contributed by atoms with Crippen LogP contribution in [0.4, 0.5) is 14.9 Å². The molecule has 0 saturated heterocycles. The van der Waals surface area contributed by atoms with E-state index in [9.17, 15) is 14.0 Å². The Hall–Kier alpha value is -3.35. The van der Waals surface area contributed by atoms with Crippen LogP contribution < -0.4 is 10.1 Å². The van der Waals surface area contributed by atoms with Gasteiger partial charge in [-0.05, 0) is 62.2 Å². The van der Waals surface area contributed by atoms with E-state index < -0.39 is 17.5 Å². The first kappa shape index (κ1) is 22.9. The van der Waals surface area contributed by atoms with Gasteiger partial charge in [0.25, 0.3) is 0 Å². The summed E-state index contributed by atoms with van der Waals surface area (Å²) < 4.78 is 23.9. The normalized spacial score (nSPS) is 11.3. The van der Waals surface area contributed by atoms with E-state index >= 15 is 0 Å². The molecule has 1 N–H and O–H groups in total. The van der Waals surface area contributed by atoms with Gasteiger partial charge in [0, 0.05) is 25.4 Å². The largest absolute Gasteiger partial charge is 0.494 e. The van der Waals surface area contributed by atoms with Crippen LogP contribution in [0.3, 0.4) is 0 Å². The van der Waals surface area contributed by atoms with E-state index in [4.69, 9.17) is 9.47 Å². The van der Waals surface area contributed by atoms with Crippen LogP contribution in [0.25, 0.3) is 6.08 Å². The molecule has 160 valence electrons. The quantitative estimate of drug-likeness (QED) is 0.686. The van der Waals surface area contributed by atoms with Crippen LogP contribution >= 0.6 is 0 Å². The lowest BCUT2D eigenvalue weighted by atomic mass is 10.1. The third kappa shape index (κ3) is 7.24. The number of nitrogens with one attached hydrogen (secondary N) is 1. The van der Waals surface area contributed by atoms with Gasteiger partial charge in [0.1, 0.15) is 5.60 Å². The van der Waals surface area contributed by atoms with Crippen molar-refractivity contribution < 1.29 is 23.5 Å². The fraction of sp³-hybridized carbons (Fsp3) is 0.304. The molecule has 2 aromatic carbocycles. The van der Waals surface area contributed by atoms with E-state index in [2.05, 4.69) is 5.32 Å². The van der Waals surface area contributed by atoms with Gasteiger partial charge in [0.15, 0.2) is 11.6 Å². The fourth-order valence-corrected chi connectivity index (χ4v) is 2.57. The summed E-state index contributed by atoms with van der Waals surface area (Å²) in [6.07, 6.45) is 2.41. The minimum atomic E-state index is -0.569. The third-order valence-corrected chi connectivity index (χ3v) is 3.92. The second-order valence-electron chi connectivity index (χ2n) is 7.75. The van der Waals surface area contributed by atoms with Crippen LogP contribution in [-0.2, 0) is 16.1 Å². The number of amides is 2. The number of halogens is 1. The Balaban J connectivity index is 1.98. The summed E-state index contributed by atoms with van der Waals surface area (Å²) in [5.41, 5.74) is 1.39. The monoisotopic (exact) mass is 414 g/mol. The maximum Gasteiger partial charge on any atom is 0.410 e. The Morgan fingerprint density at radius 3 is 2.53 bits per heavy atom. The summed E-state index contributed by atoms with van der Waals surface area (Å²) in [6, 6.07) is 11.6. The average molecular weight is 414 g/mol. The van der Waals surface area contributed by atoms with Crippen molar-refractivity contribution in [2.24, 2.45) is 0 Å². The molecule has 0 aliphatic carbocycles. The predicted octanol–water partition coefficient (Wildman–Crippen LogP) is 4.85. The first-order valence-electron chi connectivity index (χ1n) is 9.43. The summed E-state index contributed by atoms with van der Waals surface area (Å²) in [5, 5.41) is 2.75. The van der Waals surface area contributed by atoms with Crippen molar-refractivity contribution in [3.05, 3.63) is 65.5 Å². The summed E-state index contributed by atoms with van der Waals surface area (Å²) in [4.78, 5) is 25.8. The van der Waals surface area contributed by atoms with Gasteiger partial charge in [-0.25, -0.2) is 9.18 Å². The highest BCUT2D eigenvalue weighted by Crippen LogP contribution is 2.19. The van der Waals surface area contributed by atoms with Crippen molar-refractivity contribution in [2.45, 2.75) is 32.9 Å². The first-order valence-corrected chi connectivity index (χ1v) is 9.43. The van der Waals surface area contributed by atoms with Gasteiger partial charge in [0.2, 0.25) is 5.91 Å². The molecule has 0 aliphatic heterocycles. The van der Waals surface area contributed by atoms with Gasteiger partial charge in [0.05, 0.1) is 7.11 Å². The molecule has 0 saturated carbocycles. The van der Waals surface area contributed by atoms with Crippen molar-refractivity contribution in [3.8, 4) is 5.75 Å². The molecular weight excluding hydrogens is 387 g/mol. The summed E-state index contributed by atoms with van der Waals surface area (Å²) >= 11 is 0. The van der Waals surface area contributed by atoms with E-state index in [1.165, 1.54) is 36.3 Å². The van der Waals surface area contributed by atoms with Crippen LogP contribution in [0.1, 0.15) is 31.9 Å². The SMILES string of the molecule is COc1ccc(C=CC(=O)Nc2cccc(CN(C)C(=O)OC(C)(C)C)c2)cc1F. The minimum Gasteiger partial charge on any atom is -0.494 e. The summed E-state index contributed by atoms with van der Waals surface area (Å²) in [6.45, 7) is 5.76. The number of nitrogens with zero attached hydrogens (tertiary/aromatic N) is 1. The predicted molar refractivity (Wildman–Crippen MR) is 115 cm³/mol. The number of methoxy groups -OCH3 is 1. The van der Waals surface area contributed by atoms with E-state index in [0.29, 0.717) is 17.8 Å². The van der Waals surface area contributed by atoms with Crippen molar-refractivity contribution in [1.82, 2.24) is 4.90 Å².